The predicted molar refractivity (Wildman–Crippen MR) is 206 cm³/mol. The second kappa shape index (κ2) is 33.1. The average molecular weight is 695 g/mol. The Bertz CT molecular complexity index is 985. The SMILES string of the molecule is CCCCCCCC/C=C\CCCCCCCC(=O)OC(=O)c1ccc(C(=O)OC(=O)CCCCCCC/C=C\CCCCCCCC)cc1. The Kier molecular flexibility index (Phi) is 29.8. The minimum atomic E-state index is -0.747. The Morgan fingerprint density at radius 2 is 0.660 bits per heavy atom. The molecule has 0 aliphatic rings. The van der Waals surface area contributed by atoms with E-state index in [1.165, 1.54) is 114 Å². The van der Waals surface area contributed by atoms with Gasteiger partial charge in [-0.05, 0) is 88.5 Å². The van der Waals surface area contributed by atoms with Crippen LogP contribution in [0.2, 0.25) is 0 Å². The zero-order valence-corrected chi connectivity index (χ0v) is 31.9. The number of esters is 4. The molecule has 0 bridgehead atoms. The van der Waals surface area contributed by atoms with Crippen LogP contribution in [0.3, 0.4) is 0 Å². The van der Waals surface area contributed by atoms with Gasteiger partial charge in [-0.15, -0.1) is 0 Å². The van der Waals surface area contributed by atoms with Gasteiger partial charge < -0.3 is 9.47 Å². The maximum Gasteiger partial charge on any atom is 0.345 e. The van der Waals surface area contributed by atoms with Gasteiger partial charge in [0.1, 0.15) is 0 Å². The topological polar surface area (TPSA) is 86.7 Å². The monoisotopic (exact) mass is 695 g/mol. The van der Waals surface area contributed by atoms with Crippen molar-refractivity contribution in [2.75, 3.05) is 0 Å². The van der Waals surface area contributed by atoms with Crippen molar-refractivity contribution in [3.63, 3.8) is 0 Å². The van der Waals surface area contributed by atoms with Gasteiger partial charge in [-0.2, -0.15) is 0 Å². The predicted octanol–water partition coefficient (Wildman–Crippen LogP) is 13.1. The third-order valence-electron chi connectivity index (χ3n) is 9.05. The molecule has 0 spiro atoms. The summed E-state index contributed by atoms with van der Waals surface area (Å²) in [6.45, 7) is 4.49. The average Bonchev–Trinajstić information content (AvgIpc) is 3.11. The molecule has 50 heavy (non-hydrogen) atoms. The molecule has 0 amide bonds. The lowest BCUT2D eigenvalue weighted by molar-refractivity contribution is -0.139. The molecule has 0 heterocycles. The lowest BCUT2D eigenvalue weighted by Gasteiger charge is -2.06. The normalized spacial score (nSPS) is 11.4. The lowest BCUT2D eigenvalue weighted by Crippen LogP contribution is -2.14. The van der Waals surface area contributed by atoms with Crippen molar-refractivity contribution in [2.45, 2.75) is 194 Å². The van der Waals surface area contributed by atoms with Crippen molar-refractivity contribution in [1.29, 1.82) is 0 Å². The molecule has 0 N–H and O–H groups in total. The third kappa shape index (κ3) is 26.8. The second-order valence-corrected chi connectivity index (χ2v) is 13.8. The van der Waals surface area contributed by atoms with Crippen molar-refractivity contribution in [3.8, 4) is 0 Å². The molecule has 0 unspecified atom stereocenters. The summed E-state index contributed by atoms with van der Waals surface area (Å²) in [5.74, 6) is -2.58. The summed E-state index contributed by atoms with van der Waals surface area (Å²) >= 11 is 0. The summed E-state index contributed by atoms with van der Waals surface area (Å²) < 4.78 is 9.96. The molecule has 1 aromatic carbocycles. The molecule has 0 radical (unpaired) electrons. The molecule has 6 nitrogen and oxygen atoms in total. The highest BCUT2D eigenvalue weighted by molar-refractivity contribution is 5.99. The first-order valence-electron chi connectivity index (χ1n) is 20.4. The Balaban J connectivity index is 2.07. The van der Waals surface area contributed by atoms with Crippen LogP contribution in [-0.2, 0) is 19.1 Å². The first-order chi connectivity index (χ1) is 24.5. The molecule has 0 aliphatic heterocycles. The third-order valence-corrected chi connectivity index (χ3v) is 9.05. The number of benzene rings is 1. The molecule has 0 saturated carbocycles. The van der Waals surface area contributed by atoms with E-state index in [1.807, 2.05) is 0 Å². The maximum absolute atomic E-state index is 12.4. The molecule has 0 aromatic heterocycles. The van der Waals surface area contributed by atoms with E-state index >= 15 is 0 Å². The number of carbonyl (C=O) groups is 4. The highest BCUT2D eigenvalue weighted by Gasteiger charge is 2.16. The van der Waals surface area contributed by atoms with E-state index < -0.39 is 23.9 Å². The number of carbonyl (C=O) groups excluding carboxylic acids is 4. The summed E-state index contributed by atoms with van der Waals surface area (Å²) in [6, 6.07) is 5.62. The first kappa shape index (κ1) is 45.0. The fourth-order valence-corrected chi connectivity index (χ4v) is 5.85. The Morgan fingerprint density at radius 3 is 0.960 bits per heavy atom. The van der Waals surface area contributed by atoms with Gasteiger partial charge in [0.05, 0.1) is 11.1 Å². The number of ether oxygens (including phenoxy) is 2. The summed E-state index contributed by atoms with van der Waals surface area (Å²) in [5.41, 5.74) is 0.332. The number of unbranched alkanes of at least 4 members (excludes halogenated alkanes) is 22. The van der Waals surface area contributed by atoms with Crippen LogP contribution in [-0.4, -0.2) is 23.9 Å². The first-order valence-corrected chi connectivity index (χ1v) is 20.4. The molecule has 282 valence electrons. The van der Waals surface area contributed by atoms with Crippen LogP contribution < -0.4 is 0 Å². The van der Waals surface area contributed by atoms with Gasteiger partial charge in [0.2, 0.25) is 0 Å². The van der Waals surface area contributed by atoms with Crippen molar-refractivity contribution in [3.05, 3.63) is 59.7 Å². The summed E-state index contributed by atoms with van der Waals surface area (Å²) in [6.07, 6.45) is 40.2. The van der Waals surface area contributed by atoms with Gasteiger partial charge >= 0.3 is 23.9 Å². The lowest BCUT2D eigenvalue weighted by atomic mass is 10.1. The molecule has 0 atom stereocenters. The van der Waals surface area contributed by atoms with Crippen molar-refractivity contribution < 1.29 is 28.7 Å². The minimum Gasteiger partial charge on any atom is -0.389 e. The van der Waals surface area contributed by atoms with Crippen molar-refractivity contribution >= 4 is 23.9 Å². The van der Waals surface area contributed by atoms with Gasteiger partial charge in [-0.25, -0.2) is 9.59 Å². The van der Waals surface area contributed by atoms with Crippen LogP contribution >= 0.6 is 0 Å². The number of allylic oxidation sites excluding steroid dienone is 4. The Morgan fingerprint density at radius 1 is 0.400 bits per heavy atom. The smallest absolute Gasteiger partial charge is 0.345 e. The van der Waals surface area contributed by atoms with E-state index in [2.05, 4.69) is 38.2 Å². The molecular formula is C44H70O6. The molecule has 0 saturated heterocycles. The largest absolute Gasteiger partial charge is 0.389 e. The van der Waals surface area contributed by atoms with E-state index in [-0.39, 0.29) is 24.0 Å². The molecule has 0 fully saturated rings. The minimum absolute atomic E-state index is 0.166. The van der Waals surface area contributed by atoms with Crippen LogP contribution in [0, 0.1) is 0 Å². The van der Waals surface area contributed by atoms with Gasteiger partial charge in [0.15, 0.2) is 0 Å². The van der Waals surface area contributed by atoms with Crippen LogP contribution in [0.25, 0.3) is 0 Å². The van der Waals surface area contributed by atoms with Gasteiger partial charge in [0.25, 0.3) is 0 Å². The second-order valence-electron chi connectivity index (χ2n) is 13.8. The standard InChI is InChI=1S/C44H70O6/c1-3-5-7-9-11-13-15-17-19-21-23-25-27-29-31-33-41(45)49-43(47)39-35-37-40(38-36-39)44(48)50-42(46)34-32-30-28-26-24-22-20-18-16-14-12-10-8-6-4-2/h17-20,35-38H,3-16,21-34H2,1-2H3/b19-17-,20-18-. The maximum atomic E-state index is 12.4. The summed E-state index contributed by atoms with van der Waals surface area (Å²) in [5, 5.41) is 0. The van der Waals surface area contributed by atoms with Gasteiger partial charge in [0, 0.05) is 12.8 Å². The molecule has 0 aliphatic carbocycles. The van der Waals surface area contributed by atoms with Crippen LogP contribution in [0.5, 0.6) is 0 Å². The Hall–Kier alpha value is -3.02. The van der Waals surface area contributed by atoms with E-state index in [0.717, 1.165) is 64.2 Å². The molecular weight excluding hydrogens is 624 g/mol. The highest BCUT2D eigenvalue weighted by Crippen LogP contribution is 2.14. The zero-order valence-electron chi connectivity index (χ0n) is 31.9. The number of hydrogen-bond acceptors (Lipinski definition) is 6. The molecule has 6 heteroatoms. The van der Waals surface area contributed by atoms with Gasteiger partial charge in [-0.3, -0.25) is 9.59 Å². The van der Waals surface area contributed by atoms with Crippen molar-refractivity contribution in [1.82, 2.24) is 0 Å². The van der Waals surface area contributed by atoms with E-state index in [0.29, 0.717) is 12.8 Å². The molecule has 1 aromatic rings. The van der Waals surface area contributed by atoms with E-state index in [4.69, 9.17) is 9.47 Å². The molecule has 1 rings (SSSR count). The van der Waals surface area contributed by atoms with Crippen LogP contribution in [0.1, 0.15) is 214 Å². The van der Waals surface area contributed by atoms with Crippen LogP contribution in [0.4, 0.5) is 0 Å². The quantitative estimate of drug-likeness (QED) is 0.0323. The number of hydrogen-bond donors (Lipinski definition) is 0. The van der Waals surface area contributed by atoms with E-state index in [9.17, 15) is 19.2 Å². The Labute approximate surface area is 305 Å². The van der Waals surface area contributed by atoms with Crippen LogP contribution in [0.15, 0.2) is 48.6 Å². The van der Waals surface area contributed by atoms with E-state index in [1.54, 1.807) is 0 Å². The summed E-state index contributed by atoms with van der Waals surface area (Å²) in [7, 11) is 0. The highest BCUT2D eigenvalue weighted by atomic mass is 16.6. The van der Waals surface area contributed by atoms with Crippen molar-refractivity contribution in [2.24, 2.45) is 0 Å². The fourth-order valence-electron chi connectivity index (χ4n) is 5.85. The number of rotatable bonds is 32. The fraction of sp³-hybridized carbons (Fsp3) is 0.682. The summed E-state index contributed by atoms with van der Waals surface area (Å²) in [4.78, 5) is 49.0. The van der Waals surface area contributed by atoms with Gasteiger partial charge in [-0.1, -0.05) is 141 Å². The zero-order chi connectivity index (χ0) is 36.3.